The minimum atomic E-state index is -4.12. The maximum Gasteiger partial charge on any atom is 0.264 e. The summed E-state index contributed by atoms with van der Waals surface area (Å²) in [5, 5.41) is 11.5. The van der Waals surface area contributed by atoms with E-state index in [-0.39, 0.29) is 26.7 Å². The van der Waals surface area contributed by atoms with Gasteiger partial charge >= 0.3 is 0 Å². The van der Waals surface area contributed by atoms with E-state index < -0.39 is 15.6 Å². The highest BCUT2D eigenvalue weighted by atomic mass is 35.5. The van der Waals surface area contributed by atoms with Gasteiger partial charge in [-0.05, 0) is 61.7 Å². The third kappa shape index (κ3) is 5.62. The van der Waals surface area contributed by atoms with Crippen LogP contribution in [0, 0.1) is 0 Å². The van der Waals surface area contributed by atoms with Crippen LogP contribution in [0.3, 0.4) is 0 Å². The number of halogens is 2. The Hall–Kier alpha value is -3.31. The fourth-order valence-electron chi connectivity index (χ4n) is 4.91. The van der Waals surface area contributed by atoms with Crippen LogP contribution in [0.4, 0.5) is 5.82 Å². The van der Waals surface area contributed by atoms with Gasteiger partial charge in [-0.25, -0.2) is 8.42 Å². The van der Waals surface area contributed by atoms with Crippen LogP contribution >= 0.6 is 23.2 Å². The number of sulfonamides is 1. The van der Waals surface area contributed by atoms with Crippen molar-refractivity contribution in [3.63, 3.8) is 0 Å². The Morgan fingerprint density at radius 2 is 1.88 bits per heavy atom. The molecule has 9 nitrogen and oxygen atoms in total. The lowest BCUT2D eigenvalue weighted by Gasteiger charge is -2.23. The lowest BCUT2D eigenvalue weighted by atomic mass is 9.99. The summed E-state index contributed by atoms with van der Waals surface area (Å²) < 4.78 is 36.4. The number of fused-ring (bicyclic) bond motifs is 1. The second kappa shape index (κ2) is 11.3. The molecular weight excluding hydrogens is 573 g/mol. The number of amides is 1. The highest BCUT2D eigenvalue weighted by Gasteiger charge is 2.35. The van der Waals surface area contributed by atoms with Crippen molar-refractivity contribution in [2.75, 3.05) is 18.4 Å². The number of aromatic nitrogens is 2. The van der Waals surface area contributed by atoms with Crippen molar-refractivity contribution < 1.29 is 17.9 Å². The largest absolute Gasteiger partial charge is 0.496 e. The van der Waals surface area contributed by atoms with Crippen LogP contribution in [0.5, 0.6) is 5.75 Å². The number of hydrogen-bond donors (Lipinski definition) is 3. The standard InChI is InChI=1S/C28H29Cl2N5O4S/c1-28(13-6-14-32-28)27(36)31-16-18-7-3-8-19(15-18)17-35-21-10-5-11-22(39-2)24(21)26(33-35)34-40(37,38)23-12-4-9-20(29)25(23)30/h3-5,7-12,15,32H,6,13-14,16-17H2,1-2H3,(H,31,36)(H,33,34). The Kier molecular flexibility index (Phi) is 7.96. The number of nitrogens with one attached hydrogen (secondary N) is 3. The molecule has 2 heterocycles. The summed E-state index contributed by atoms with van der Waals surface area (Å²) in [4.78, 5) is 12.6. The van der Waals surface area contributed by atoms with Gasteiger partial charge in [0, 0.05) is 6.54 Å². The first-order chi connectivity index (χ1) is 19.1. The van der Waals surface area contributed by atoms with Crippen LogP contribution in [0.15, 0.2) is 65.6 Å². The van der Waals surface area contributed by atoms with Crippen molar-refractivity contribution in [2.45, 2.75) is 43.3 Å². The molecule has 3 aromatic carbocycles. The summed E-state index contributed by atoms with van der Waals surface area (Å²) in [7, 11) is -2.61. The average molecular weight is 603 g/mol. The van der Waals surface area contributed by atoms with Crippen molar-refractivity contribution in [1.29, 1.82) is 0 Å². The van der Waals surface area contributed by atoms with Crippen LogP contribution in [-0.4, -0.2) is 43.3 Å². The summed E-state index contributed by atoms with van der Waals surface area (Å²) in [6.45, 7) is 3.51. The quantitative estimate of drug-likeness (QED) is 0.250. The SMILES string of the molecule is COc1cccc2c1c(NS(=O)(=O)c1cccc(Cl)c1Cl)nn2Cc1cccc(CNC(=O)C2(C)CCCN2)c1. The van der Waals surface area contributed by atoms with Crippen molar-refractivity contribution in [3.05, 3.63) is 81.8 Å². The van der Waals surface area contributed by atoms with Crippen LogP contribution < -0.4 is 20.1 Å². The van der Waals surface area contributed by atoms with E-state index in [1.165, 1.54) is 25.3 Å². The highest BCUT2D eigenvalue weighted by Crippen LogP contribution is 2.35. The average Bonchev–Trinajstić information content (AvgIpc) is 3.53. The van der Waals surface area contributed by atoms with Gasteiger partial charge in [-0.15, -0.1) is 0 Å². The molecule has 0 aliphatic carbocycles. The highest BCUT2D eigenvalue weighted by molar-refractivity contribution is 7.92. The molecule has 210 valence electrons. The van der Waals surface area contributed by atoms with Gasteiger partial charge in [0.2, 0.25) is 5.91 Å². The number of benzene rings is 3. The number of carbonyl (C=O) groups is 1. The van der Waals surface area contributed by atoms with E-state index in [1.54, 1.807) is 10.7 Å². The Morgan fingerprint density at radius 3 is 2.62 bits per heavy atom. The molecule has 1 atom stereocenters. The molecule has 1 aliphatic heterocycles. The van der Waals surface area contributed by atoms with Gasteiger partial charge in [0.25, 0.3) is 10.0 Å². The lowest BCUT2D eigenvalue weighted by molar-refractivity contribution is -0.126. The zero-order valence-electron chi connectivity index (χ0n) is 22.0. The molecule has 40 heavy (non-hydrogen) atoms. The van der Waals surface area contributed by atoms with Crippen molar-refractivity contribution in [1.82, 2.24) is 20.4 Å². The number of anilines is 1. The van der Waals surface area contributed by atoms with Gasteiger partial charge < -0.3 is 15.4 Å². The van der Waals surface area contributed by atoms with Crippen LogP contribution in [0.1, 0.15) is 30.9 Å². The van der Waals surface area contributed by atoms with Gasteiger partial charge in [-0.3, -0.25) is 14.2 Å². The van der Waals surface area contributed by atoms with Crippen LogP contribution in [0.25, 0.3) is 10.9 Å². The minimum Gasteiger partial charge on any atom is -0.496 e. The van der Waals surface area contributed by atoms with E-state index in [4.69, 9.17) is 27.9 Å². The topological polar surface area (TPSA) is 114 Å². The van der Waals surface area contributed by atoms with Gasteiger partial charge in [-0.2, -0.15) is 5.10 Å². The monoisotopic (exact) mass is 601 g/mol. The van der Waals surface area contributed by atoms with Gasteiger partial charge in [0.1, 0.15) is 10.6 Å². The van der Waals surface area contributed by atoms with E-state index in [9.17, 15) is 13.2 Å². The lowest BCUT2D eigenvalue weighted by Crippen LogP contribution is -2.50. The Labute approximate surface area is 242 Å². The van der Waals surface area contributed by atoms with E-state index >= 15 is 0 Å². The first-order valence-corrected chi connectivity index (χ1v) is 15.0. The second-order valence-corrected chi connectivity index (χ2v) is 12.3. The molecule has 1 fully saturated rings. The first kappa shape index (κ1) is 28.2. The zero-order chi connectivity index (χ0) is 28.5. The molecule has 3 N–H and O–H groups in total. The molecule has 0 bridgehead atoms. The summed E-state index contributed by atoms with van der Waals surface area (Å²) in [5.41, 5.74) is 2.01. The fraction of sp³-hybridized carbons (Fsp3) is 0.286. The number of ether oxygens (including phenoxy) is 1. The number of methoxy groups -OCH3 is 1. The normalized spacial score (nSPS) is 17.2. The minimum absolute atomic E-state index is 0.0164. The van der Waals surface area contributed by atoms with Crippen LogP contribution in [-0.2, 0) is 27.9 Å². The molecule has 1 amide bonds. The summed E-state index contributed by atoms with van der Waals surface area (Å²) in [6, 6.07) is 17.6. The van der Waals surface area contributed by atoms with E-state index in [1.807, 2.05) is 43.3 Å². The third-order valence-corrected chi connectivity index (χ3v) is 9.36. The van der Waals surface area contributed by atoms with Crippen molar-refractivity contribution in [2.24, 2.45) is 0 Å². The number of hydrogen-bond acceptors (Lipinski definition) is 6. The first-order valence-electron chi connectivity index (χ1n) is 12.7. The molecule has 1 aliphatic rings. The van der Waals surface area contributed by atoms with E-state index in [0.717, 1.165) is 30.5 Å². The molecule has 1 unspecified atom stereocenters. The predicted molar refractivity (Wildman–Crippen MR) is 157 cm³/mol. The maximum absolute atomic E-state index is 13.3. The third-order valence-electron chi connectivity index (χ3n) is 7.04. The Balaban J connectivity index is 1.43. The second-order valence-electron chi connectivity index (χ2n) is 9.88. The Bertz CT molecular complexity index is 1680. The molecule has 0 saturated carbocycles. The molecule has 12 heteroatoms. The van der Waals surface area contributed by atoms with E-state index in [2.05, 4.69) is 20.5 Å². The summed E-state index contributed by atoms with van der Waals surface area (Å²) in [6.07, 6.45) is 1.79. The van der Waals surface area contributed by atoms with Gasteiger partial charge in [-0.1, -0.05) is 59.6 Å². The van der Waals surface area contributed by atoms with Gasteiger partial charge in [0.05, 0.1) is 40.1 Å². The van der Waals surface area contributed by atoms with Gasteiger partial charge in [0.15, 0.2) is 5.82 Å². The van der Waals surface area contributed by atoms with Crippen molar-refractivity contribution in [3.8, 4) is 5.75 Å². The fourth-order valence-corrected chi connectivity index (χ4v) is 6.68. The Morgan fingerprint density at radius 1 is 1.12 bits per heavy atom. The number of rotatable bonds is 9. The van der Waals surface area contributed by atoms with E-state index in [0.29, 0.717) is 29.7 Å². The van der Waals surface area contributed by atoms with Crippen molar-refractivity contribution >= 4 is 55.9 Å². The number of carbonyl (C=O) groups excluding carboxylic acids is 1. The molecule has 1 aromatic heterocycles. The molecule has 0 spiro atoms. The summed E-state index contributed by atoms with van der Waals surface area (Å²) in [5.74, 6) is 0.547. The van der Waals surface area contributed by atoms with Crippen LogP contribution in [0.2, 0.25) is 10.0 Å². The molecule has 1 saturated heterocycles. The zero-order valence-corrected chi connectivity index (χ0v) is 24.3. The number of nitrogens with zero attached hydrogens (tertiary/aromatic N) is 2. The summed E-state index contributed by atoms with van der Waals surface area (Å²) >= 11 is 12.3. The molecule has 5 rings (SSSR count). The molecule has 4 aromatic rings. The molecule has 0 radical (unpaired) electrons. The predicted octanol–water partition coefficient (Wildman–Crippen LogP) is 4.96. The maximum atomic E-state index is 13.3. The molecular formula is C28H29Cl2N5O4S. The smallest absolute Gasteiger partial charge is 0.264 e.